The number of halogens is 2. The zero-order valence-corrected chi connectivity index (χ0v) is 16.9. The summed E-state index contributed by atoms with van der Waals surface area (Å²) in [4.78, 5) is 16.3. The van der Waals surface area contributed by atoms with Crippen molar-refractivity contribution in [1.29, 1.82) is 0 Å². The number of benzene rings is 1. The second-order valence-electron chi connectivity index (χ2n) is 7.84. The van der Waals surface area contributed by atoms with Gasteiger partial charge in [0, 0.05) is 17.6 Å². The molecule has 2 heterocycles. The molecule has 2 aromatic heterocycles. The highest BCUT2D eigenvalue weighted by Gasteiger charge is 2.21. The van der Waals surface area contributed by atoms with Crippen molar-refractivity contribution in [1.82, 2.24) is 14.8 Å². The van der Waals surface area contributed by atoms with E-state index in [1.165, 1.54) is 38.2 Å². The van der Waals surface area contributed by atoms with Crippen molar-refractivity contribution in [3.05, 3.63) is 47.9 Å². The van der Waals surface area contributed by atoms with Crippen LogP contribution in [0.2, 0.25) is 0 Å². The topological polar surface area (TPSA) is 69.0 Å². The van der Waals surface area contributed by atoms with Gasteiger partial charge in [0.05, 0.1) is 24.4 Å². The van der Waals surface area contributed by atoms with Crippen LogP contribution in [0.4, 0.5) is 14.5 Å². The molecule has 1 aliphatic carbocycles. The molecule has 8 heteroatoms. The van der Waals surface area contributed by atoms with Gasteiger partial charge in [-0.2, -0.15) is 5.10 Å². The van der Waals surface area contributed by atoms with Gasteiger partial charge in [-0.15, -0.1) is 0 Å². The first-order chi connectivity index (χ1) is 14.4. The zero-order chi connectivity index (χ0) is 21.3. The van der Waals surface area contributed by atoms with Crippen LogP contribution in [0, 0.1) is 5.92 Å². The van der Waals surface area contributed by atoms with Crippen LogP contribution in [0.15, 0.2) is 36.5 Å². The normalized spacial score (nSPS) is 19.2. The number of carbonyl (C=O) groups is 1. The highest BCUT2D eigenvalue weighted by Crippen LogP contribution is 2.34. The smallest absolute Gasteiger partial charge is 0.280 e. The molecule has 3 aromatic rings. The molecule has 158 valence electrons. The van der Waals surface area contributed by atoms with Crippen LogP contribution in [0.1, 0.15) is 61.3 Å². The molecule has 0 aliphatic heterocycles. The predicted molar refractivity (Wildman–Crippen MR) is 110 cm³/mol. The van der Waals surface area contributed by atoms with Gasteiger partial charge in [0.15, 0.2) is 0 Å². The molecule has 1 N–H and O–H groups in total. The number of pyridine rings is 1. The fourth-order valence-corrected chi connectivity index (χ4v) is 3.92. The van der Waals surface area contributed by atoms with Crippen LogP contribution in [0.25, 0.3) is 10.9 Å². The van der Waals surface area contributed by atoms with E-state index in [1.807, 2.05) is 10.9 Å². The van der Waals surface area contributed by atoms with Gasteiger partial charge in [-0.05, 0) is 49.8 Å². The number of anilines is 1. The van der Waals surface area contributed by atoms with Crippen molar-refractivity contribution < 1.29 is 18.3 Å². The fraction of sp³-hybridized carbons (Fsp3) is 0.409. The summed E-state index contributed by atoms with van der Waals surface area (Å²) in [5, 5.41) is 8.30. The number of ether oxygens (including phenoxy) is 1. The van der Waals surface area contributed by atoms with Gasteiger partial charge in [-0.25, -0.2) is 13.8 Å². The molecule has 4 rings (SSSR count). The maximum atomic E-state index is 12.9. The lowest BCUT2D eigenvalue weighted by Crippen LogP contribution is -2.16. The third-order valence-corrected chi connectivity index (χ3v) is 5.68. The van der Waals surface area contributed by atoms with Gasteiger partial charge in [0.25, 0.3) is 12.3 Å². The summed E-state index contributed by atoms with van der Waals surface area (Å²) in [7, 11) is 1.51. The Morgan fingerprint density at radius 3 is 2.70 bits per heavy atom. The van der Waals surface area contributed by atoms with E-state index in [0.717, 1.165) is 29.7 Å². The minimum atomic E-state index is -2.74. The van der Waals surface area contributed by atoms with Crippen molar-refractivity contribution in [3.63, 3.8) is 0 Å². The quantitative estimate of drug-likeness (QED) is 0.608. The van der Waals surface area contributed by atoms with Crippen LogP contribution < -0.4 is 10.1 Å². The zero-order valence-electron chi connectivity index (χ0n) is 16.9. The van der Waals surface area contributed by atoms with Crippen LogP contribution in [-0.2, 0) is 0 Å². The van der Waals surface area contributed by atoms with Gasteiger partial charge in [-0.1, -0.05) is 13.0 Å². The number of nitrogens with one attached hydrogen (secondary N) is 1. The average Bonchev–Trinajstić information content (AvgIpc) is 3.16. The van der Waals surface area contributed by atoms with Crippen molar-refractivity contribution in [3.8, 4) is 5.75 Å². The molecule has 30 heavy (non-hydrogen) atoms. The lowest BCUT2D eigenvalue weighted by Gasteiger charge is -2.26. The van der Waals surface area contributed by atoms with E-state index in [0.29, 0.717) is 17.5 Å². The largest absolute Gasteiger partial charge is 0.494 e. The number of alkyl halides is 2. The lowest BCUT2D eigenvalue weighted by atomic mass is 9.87. The van der Waals surface area contributed by atoms with E-state index in [1.54, 1.807) is 12.1 Å². The SMILES string of the molecule is COc1cc2nn(C3CCC(C)CC3)cc2cc1NC(=O)c1cccc(C(F)F)n1. The highest BCUT2D eigenvalue weighted by molar-refractivity contribution is 6.05. The number of amides is 1. The predicted octanol–water partition coefficient (Wildman–Crippen LogP) is 5.38. The Kier molecular flexibility index (Phi) is 5.65. The maximum absolute atomic E-state index is 12.9. The molecule has 1 saturated carbocycles. The van der Waals surface area contributed by atoms with Crippen LogP contribution >= 0.6 is 0 Å². The second kappa shape index (κ2) is 8.38. The Bertz CT molecular complexity index is 1060. The van der Waals surface area contributed by atoms with Gasteiger partial charge < -0.3 is 10.1 Å². The molecule has 0 spiro atoms. The third-order valence-electron chi connectivity index (χ3n) is 5.68. The number of fused-ring (bicyclic) bond motifs is 1. The Labute approximate surface area is 173 Å². The first kappa shape index (κ1) is 20.3. The summed E-state index contributed by atoms with van der Waals surface area (Å²) in [6.07, 6.45) is 3.83. The Morgan fingerprint density at radius 1 is 1.23 bits per heavy atom. The highest BCUT2D eigenvalue weighted by atomic mass is 19.3. The summed E-state index contributed by atoms with van der Waals surface area (Å²) in [6, 6.07) is 7.91. The molecule has 1 aliphatic rings. The monoisotopic (exact) mass is 414 g/mol. The molecule has 0 saturated heterocycles. The van der Waals surface area contributed by atoms with Crippen molar-refractivity contribution in [2.45, 2.75) is 45.1 Å². The number of hydrogen-bond donors (Lipinski definition) is 1. The molecule has 0 bridgehead atoms. The average molecular weight is 414 g/mol. The Balaban J connectivity index is 1.60. The van der Waals surface area contributed by atoms with Crippen molar-refractivity contribution in [2.24, 2.45) is 5.92 Å². The van der Waals surface area contributed by atoms with E-state index in [9.17, 15) is 13.6 Å². The number of methoxy groups -OCH3 is 1. The Morgan fingerprint density at radius 2 is 2.00 bits per heavy atom. The van der Waals surface area contributed by atoms with Crippen LogP contribution in [0.3, 0.4) is 0 Å². The lowest BCUT2D eigenvalue weighted by molar-refractivity contribution is 0.101. The van der Waals surface area contributed by atoms with Crippen LogP contribution in [0.5, 0.6) is 5.75 Å². The summed E-state index contributed by atoms with van der Waals surface area (Å²) >= 11 is 0. The van der Waals surface area contributed by atoms with Gasteiger partial charge >= 0.3 is 0 Å². The number of hydrogen-bond acceptors (Lipinski definition) is 4. The van der Waals surface area contributed by atoms with E-state index in [-0.39, 0.29) is 5.69 Å². The van der Waals surface area contributed by atoms with Crippen molar-refractivity contribution >= 4 is 22.5 Å². The van der Waals surface area contributed by atoms with Gasteiger partial charge in [0.2, 0.25) is 0 Å². The maximum Gasteiger partial charge on any atom is 0.280 e. The number of aromatic nitrogens is 3. The van der Waals surface area contributed by atoms with Gasteiger partial charge in [0.1, 0.15) is 17.1 Å². The van der Waals surface area contributed by atoms with Crippen molar-refractivity contribution in [2.75, 3.05) is 12.4 Å². The van der Waals surface area contributed by atoms with Gasteiger partial charge in [-0.3, -0.25) is 9.48 Å². The second-order valence-corrected chi connectivity index (χ2v) is 7.84. The first-order valence-electron chi connectivity index (χ1n) is 10.1. The minimum Gasteiger partial charge on any atom is -0.494 e. The molecule has 1 fully saturated rings. The standard InChI is InChI=1S/C22H24F2N4O2/c1-13-6-8-15(9-7-13)28-12-14-10-19(20(30-2)11-18(14)27-28)26-22(29)17-5-3-4-16(25-17)21(23)24/h3-5,10-13,15,21H,6-9H2,1-2H3,(H,26,29). The molecule has 0 radical (unpaired) electrons. The molecule has 1 amide bonds. The molecule has 1 aromatic carbocycles. The van der Waals surface area contributed by atoms with E-state index in [4.69, 9.17) is 9.84 Å². The summed E-state index contributed by atoms with van der Waals surface area (Å²) < 4.78 is 33.2. The molecule has 6 nitrogen and oxygen atoms in total. The summed E-state index contributed by atoms with van der Waals surface area (Å²) in [6.45, 7) is 2.28. The fourth-order valence-electron chi connectivity index (χ4n) is 3.92. The van der Waals surface area contributed by atoms with E-state index < -0.39 is 18.0 Å². The Hall–Kier alpha value is -3.03. The molecular formula is C22H24F2N4O2. The van der Waals surface area contributed by atoms with E-state index >= 15 is 0 Å². The minimum absolute atomic E-state index is 0.0815. The first-order valence-corrected chi connectivity index (χ1v) is 10.1. The number of nitrogens with zero attached hydrogens (tertiary/aromatic N) is 3. The molecule has 0 atom stereocenters. The molecular weight excluding hydrogens is 390 g/mol. The molecule has 0 unspecified atom stereocenters. The summed E-state index contributed by atoms with van der Waals surface area (Å²) in [5.41, 5.74) is 0.701. The van der Waals surface area contributed by atoms with Crippen LogP contribution in [-0.4, -0.2) is 27.8 Å². The third kappa shape index (κ3) is 4.13. The van der Waals surface area contributed by atoms with E-state index in [2.05, 4.69) is 17.2 Å². The number of carbonyl (C=O) groups excluding carboxylic acids is 1. The summed E-state index contributed by atoms with van der Waals surface area (Å²) in [5.74, 6) is 0.623. The number of rotatable bonds is 5.